The largest absolute Gasteiger partial charge is 0.457 e. The SMILES string of the molecule is N#CC(=Cc1ccc(-c2ccc(S(N)(=O)=O)cc2)o1)C(=O)NCC1CCCO1. The summed E-state index contributed by atoms with van der Waals surface area (Å²) >= 11 is 0. The Morgan fingerprint density at radius 1 is 1.29 bits per heavy atom. The molecule has 1 fully saturated rings. The predicted octanol–water partition coefficient (Wildman–Crippen LogP) is 1.80. The van der Waals surface area contributed by atoms with E-state index < -0.39 is 15.9 Å². The molecule has 3 rings (SSSR count). The van der Waals surface area contributed by atoms with Crippen LogP contribution in [0.25, 0.3) is 17.4 Å². The normalized spacial score (nSPS) is 17.3. The van der Waals surface area contributed by atoms with E-state index in [9.17, 15) is 18.5 Å². The Balaban J connectivity index is 1.71. The van der Waals surface area contributed by atoms with Gasteiger partial charge in [-0.3, -0.25) is 4.79 Å². The second-order valence-electron chi connectivity index (χ2n) is 6.29. The first-order valence-electron chi connectivity index (χ1n) is 8.61. The van der Waals surface area contributed by atoms with Gasteiger partial charge in [-0.1, -0.05) is 0 Å². The highest BCUT2D eigenvalue weighted by molar-refractivity contribution is 7.89. The van der Waals surface area contributed by atoms with E-state index in [1.807, 2.05) is 6.07 Å². The first-order valence-corrected chi connectivity index (χ1v) is 10.2. The number of carbonyl (C=O) groups is 1. The maximum Gasteiger partial charge on any atom is 0.262 e. The van der Waals surface area contributed by atoms with E-state index in [4.69, 9.17) is 14.3 Å². The highest BCUT2D eigenvalue weighted by Crippen LogP contribution is 2.24. The number of primary sulfonamides is 1. The zero-order chi connectivity index (χ0) is 20.1. The standard InChI is InChI=1S/C19H19N3O5S/c20-11-14(19(23)22-12-16-2-1-9-26-16)10-15-5-8-18(27-15)13-3-6-17(7-4-13)28(21,24)25/h3-8,10,16H,1-2,9,12H2,(H,22,23)(H2,21,24,25). The lowest BCUT2D eigenvalue weighted by atomic mass is 10.2. The van der Waals surface area contributed by atoms with E-state index >= 15 is 0 Å². The molecule has 1 aliphatic heterocycles. The number of nitrogens with two attached hydrogens (primary N) is 1. The number of benzene rings is 1. The van der Waals surface area contributed by atoms with Gasteiger partial charge in [0.2, 0.25) is 10.0 Å². The van der Waals surface area contributed by atoms with E-state index in [1.165, 1.54) is 18.2 Å². The molecule has 3 N–H and O–H groups in total. The van der Waals surface area contributed by atoms with Gasteiger partial charge in [0, 0.05) is 24.8 Å². The number of ether oxygens (including phenoxy) is 1. The number of nitriles is 1. The molecule has 8 nitrogen and oxygen atoms in total. The molecule has 1 atom stereocenters. The number of nitrogens with one attached hydrogen (secondary N) is 1. The van der Waals surface area contributed by atoms with Crippen LogP contribution >= 0.6 is 0 Å². The summed E-state index contributed by atoms with van der Waals surface area (Å²) in [6.45, 7) is 1.05. The van der Waals surface area contributed by atoms with E-state index in [-0.39, 0.29) is 16.6 Å². The lowest BCUT2D eigenvalue weighted by molar-refractivity contribution is -0.117. The number of furan rings is 1. The maximum absolute atomic E-state index is 12.2. The van der Waals surface area contributed by atoms with Crippen LogP contribution in [0.2, 0.25) is 0 Å². The Morgan fingerprint density at radius 3 is 2.64 bits per heavy atom. The van der Waals surface area contributed by atoms with Crippen molar-refractivity contribution in [3.05, 3.63) is 47.7 Å². The van der Waals surface area contributed by atoms with Crippen LogP contribution < -0.4 is 10.5 Å². The van der Waals surface area contributed by atoms with Crippen LogP contribution in [-0.4, -0.2) is 33.6 Å². The molecule has 0 spiro atoms. The molecule has 146 valence electrons. The monoisotopic (exact) mass is 401 g/mol. The summed E-state index contributed by atoms with van der Waals surface area (Å²) in [5, 5.41) is 17.0. The number of carbonyl (C=O) groups excluding carboxylic acids is 1. The van der Waals surface area contributed by atoms with Crippen LogP contribution in [0, 0.1) is 11.3 Å². The number of hydrogen-bond acceptors (Lipinski definition) is 6. The second-order valence-corrected chi connectivity index (χ2v) is 7.85. The molecule has 0 bridgehead atoms. The molecule has 2 heterocycles. The molecule has 1 amide bonds. The van der Waals surface area contributed by atoms with Crippen molar-refractivity contribution in [2.75, 3.05) is 13.2 Å². The molecule has 1 aromatic heterocycles. The van der Waals surface area contributed by atoms with Gasteiger partial charge in [0.05, 0.1) is 11.0 Å². The van der Waals surface area contributed by atoms with Gasteiger partial charge in [-0.15, -0.1) is 0 Å². The number of sulfonamides is 1. The Labute approximate surface area is 162 Å². The predicted molar refractivity (Wildman–Crippen MR) is 101 cm³/mol. The smallest absolute Gasteiger partial charge is 0.262 e. The fourth-order valence-electron chi connectivity index (χ4n) is 2.79. The molecule has 1 saturated heterocycles. The van der Waals surface area contributed by atoms with Crippen molar-refractivity contribution in [1.29, 1.82) is 5.26 Å². The molecule has 2 aromatic rings. The average Bonchev–Trinajstić information content (AvgIpc) is 3.35. The van der Waals surface area contributed by atoms with Gasteiger partial charge >= 0.3 is 0 Å². The van der Waals surface area contributed by atoms with Gasteiger partial charge in [0.15, 0.2) is 0 Å². The van der Waals surface area contributed by atoms with Crippen LogP contribution in [0.3, 0.4) is 0 Å². The zero-order valence-electron chi connectivity index (χ0n) is 14.9. The molecule has 1 unspecified atom stereocenters. The van der Waals surface area contributed by atoms with E-state index in [0.717, 1.165) is 12.8 Å². The van der Waals surface area contributed by atoms with E-state index in [0.29, 0.717) is 30.2 Å². The Morgan fingerprint density at radius 2 is 2.04 bits per heavy atom. The third kappa shape index (κ3) is 4.86. The number of hydrogen-bond donors (Lipinski definition) is 2. The van der Waals surface area contributed by atoms with Crippen molar-refractivity contribution >= 4 is 22.0 Å². The van der Waals surface area contributed by atoms with Crippen LogP contribution in [0.15, 0.2) is 51.3 Å². The Hall–Kier alpha value is -2.93. The lowest BCUT2D eigenvalue weighted by Crippen LogP contribution is -2.32. The zero-order valence-corrected chi connectivity index (χ0v) is 15.7. The van der Waals surface area contributed by atoms with Gasteiger partial charge < -0.3 is 14.5 Å². The van der Waals surface area contributed by atoms with Crippen molar-refractivity contribution in [2.24, 2.45) is 5.14 Å². The molecule has 0 aliphatic carbocycles. The molecule has 1 aromatic carbocycles. The van der Waals surface area contributed by atoms with Crippen molar-refractivity contribution in [3.8, 4) is 17.4 Å². The minimum atomic E-state index is -3.77. The Bertz CT molecular complexity index is 1030. The van der Waals surface area contributed by atoms with Crippen molar-refractivity contribution in [2.45, 2.75) is 23.8 Å². The van der Waals surface area contributed by atoms with Crippen LogP contribution in [0.5, 0.6) is 0 Å². The topological polar surface area (TPSA) is 135 Å². The summed E-state index contributed by atoms with van der Waals surface area (Å²) in [6.07, 6.45) is 3.19. The number of rotatable bonds is 6. The van der Waals surface area contributed by atoms with Crippen molar-refractivity contribution < 1.29 is 22.4 Å². The average molecular weight is 401 g/mol. The third-order valence-electron chi connectivity index (χ3n) is 4.26. The fourth-order valence-corrected chi connectivity index (χ4v) is 3.31. The van der Waals surface area contributed by atoms with Crippen molar-refractivity contribution in [3.63, 3.8) is 0 Å². The highest BCUT2D eigenvalue weighted by atomic mass is 32.2. The quantitative estimate of drug-likeness (QED) is 0.560. The minimum absolute atomic E-state index is 0.00222. The van der Waals surface area contributed by atoms with Crippen molar-refractivity contribution in [1.82, 2.24) is 5.32 Å². The summed E-state index contributed by atoms with van der Waals surface area (Å²) in [6, 6.07) is 11.0. The Kier molecular flexibility index (Phi) is 5.94. The summed E-state index contributed by atoms with van der Waals surface area (Å²) in [4.78, 5) is 12.2. The van der Waals surface area contributed by atoms with Gasteiger partial charge in [-0.25, -0.2) is 13.6 Å². The lowest BCUT2D eigenvalue weighted by Gasteiger charge is -2.09. The van der Waals surface area contributed by atoms with E-state index in [2.05, 4.69) is 5.32 Å². The van der Waals surface area contributed by atoms with Gasteiger partial charge in [0.1, 0.15) is 23.2 Å². The number of amides is 1. The molecule has 1 aliphatic rings. The maximum atomic E-state index is 12.2. The number of nitrogens with zero attached hydrogens (tertiary/aromatic N) is 1. The van der Waals surface area contributed by atoms with E-state index in [1.54, 1.807) is 24.3 Å². The second kappa shape index (κ2) is 8.39. The molecule has 28 heavy (non-hydrogen) atoms. The summed E-state index contributed by atoms with van der Waals surface area (Å²) in [5.74, 6) is 0.298. The summed E-state index contributed by atoms with van der Waals surface area (Å²) in [5.41, 5.74) is 0.553. The van der Waals surface area contributed by atoms with Crippen LogP contribution in [-0.2, 0) is 19.6 Å². The highest BCUT2D eigenvalue weighted by Gasteiger charge is 2.18. The first kappa shape index (κ1) is 19.8. The molecule has 0 radical (unpaired) electrons. The summed E-state index contributed by atoms with van der Waals surface area (Å²) < 4.78 is 33.7. The van der Waals surface area contributed by atoms with Gasteiger partial charge in [0.25, 0.3) is 5.91 Å². The third-order valence-corrected chi connectivity index (χ3v) is 5.19. The van der Waals surface area contributed by atoms with Gasteiger partial charge in [-0.05, 0) is 49.2 Å². The molecule has 9 heteroatoms. The minimum Gasteiger partial charge on any atom is -0.457 e. The fraction of sp³-hybridized carbons (Fsp3) is 0.263. The first-order chi connectivity index (χ1) is 13.4. The van der Waals surface area contributed by atoms with Crippen LogP contribution in [0.1, 0.15) is 18.6 Å². The molecule has 0 saturated carbocycles. The summed E-state index contributed by atoms with van der Waals surface area (Å²) in [7, 11) is -3.77. The molecular formula is C19H19N3O5S. The van der Waals surface area contributed by atoms with Gasteiger partial charge in [-0.2, -0.15) is 5.26 Å². The van der Waals surface area contributed by atoms with Crippen LogP contribution in [0.4, 0.5) is 0 Å². The molecular weight excluding hydrogens is 382 g/mol.